The first kappa shape index (κ1) is 16.5. The van der Waals surface area contributed by atoms with Gasteiger partial charge in [0.05, 0.1) is 6.54 Å². The molecule has 120 valence electrons. The SMILES string of the molecule is CNCc1cc(CN2CCN(CCN(C)C)CC2)oc1C. The van der Waals surface area contributed by atoms with E-state index in [4.69, 9.17) is 4.42 Å². The molecule has 1 N–H and O–H groups in total. The molecule has 0 aliphatic carbocycles. The summed E-state index contributed by atoms with van der Waals surface area (Å²) in [6.45, 7) is 10.8. The average molecular weight is 294 g/mol. The van der Waals surface area contributed by atoms with Gasteiger partial charge in [0.1, 0.15) is 11.5 Å². The molecule has 1 aliphatic rings. The number of nitrogens with zero attached hydrogens (tertiary/aromatic N) is 3. The van der Waals surface area contributed by atoms with Gasteiger partial charge in [-0.25, -0.2) is 0 Å². The van der Waals surface area contributed by atoms with E-state index in [-0.39, 0.29) is 0 Å². The summed E-state index contributed by atoms with van der Waals surface area (Å²) in [4.78, 5) is 7.30. The molecule has 2 heterocycles. The van der Waals surface area contributed by atoms with E-state index in [1.54, 1.807) is 0 Å². The molecule has 0 amide bonds. The maximum Gasteiger partial charge on any atom is 0.118 e. The summed E-state index contributed by atoms with van der Waals surface area (Å²) in [6.07, 6.45) is 0. The van der Waals surface area contributed by atoms with Crippen LogP contribution in [0.2, 0.25) is 0 Å². The quantitative estimate of drug-likeness (QED) is 0.811. The van der Waals surface area contributed by atoms with Gasteiger partial charge in [-0.2, -0.15) is 0 Å². The van der Waals surface area contributed by atoms with Crippen molar-refractivity contribution >= 4 is 0 Å². The Kier molecular flexibility index (Phi) is 6.23. The molecule has 1 aliphatic heterocycles. The Balaban J connectivity index is 1.76. The fourth-order valence-corrected chi connectivity index (χ4v) is 2.76. The smallest absolute Gasteiger partial charge is 0.118 e. The van der Waals surface area contributed by atoms with Gasteiger partial charge in [-0.05, 0) is 34.1 Å². The fraction of sp³-hybridized carbons (Fsp3) is 0.750. The molecule has 0 radical (unpaired) electrons. The van der Waals surface area contributed by atoms with E-state index < -0.39 is 0 Å². The molecule has 5 nitrogen and oxygen atoms in total. The third kappa shape index (κ3) is 5.11. The number of hydrogen-bond donors (Lipinski definition) is 1. The standard InChI is InChI=1S/C16H30N4O/c1-14-15(12-17-2)11-16(21-14)13-20-9-7-19(8-10-20)6-5-18(3)4/h11,17H,5-10,12-13H2,1-4H3. The van der Waals surface area contributed by atoms with Gasteiger partial charge in [0, 0.05) is 51.4 Å². The second-order valence-corrected chi connectivity index (χ2v) is 6.25. The zero-order valence-electron chi connectivity index (χ0n) is 14.0. The number of likely N-dealkylation sites (N-methyl/N-ethyl adjacent to an activating group) is 1. The van der Waals surface area contributed by atoms with E-state index >= 15 is 0 Å². The molecule has 1 fully saturated rings. The van der Waals surface area contributed by atoms with Gasteiger partial charge in [-0.1, -0.05) is 0 Å². The molecular weight excluding hydrogens is 264 g/mol. The van der Waals surface area contributed by atoms with E-state index in [1.807, 2.05) is 7.05 Å². The average Bonchev–Trinajstić information content (AvgIpc) is 2.78. The monoisotopic (exact) mass is 294 g/mol. The molecule has 0 spiro atoms. The van der Waals surface area contributed by atoms with Crippen LogP contribution in [-0.2, 0) is 13.1 Å². The van der Waals surface area contributed by atoms with Crippen LogP contribution < -0.4 is 5.32 Å². The Hall–Kier alpha value is -0.880. The number of aryl methyl sites for hydroxylation is 1. The third-order valence-corrected chi connectivity index (χ3v) is 4.15. The summed E-state index contributed by atoms with van der Waals surface area (Å²) in [5.74, 6) is 2.14. The molecule has 21 heavy (non-hydrogen) atoms. The Bertz CT molecular complexity index is 422. The molecule has 0 atom stereocenters. The Morgan fingerprint density at radius 1 is 1.19 bits per heavy atom. The minimum absolute atomic E-state index is 0.883. The molecular formula is C16H30N4O. The van der Waals surface area contributed by atoms with Crippen LogP contribution >= 0.6 is 0 Å². The van der Waals surface area contributed by atoms with Gasteiger partial charge in [0.2, 0.25) is 0 Å². The summed E-state index contributed by atoms with van der Waals surface area (Å²) >= 11 is 0. The predicted molar refractivity (Wildman–Crippen MR) is 86.5 cm³/mol. The highest BCUT2D eigenvalue weighted by molar-refractivity contribution is 5.20. The zero-order chi connectivity index (χ0) is 15.2. The second-order valence-electron chi connectivity index (χ2n) is 6.25. The minimum Gasteiger partial charge on any atom is -0.465 e. The fourth-order valence-electron chi connectivity index (χ4n) is 2.76. The van der Waals surface area contributed by atoms with Crippen molar-refractivity contribution in [1.29, 1.82) is 0 Å². The zero-order valence-corrected chi connectivity index (χ0v) is 14.0. The highest BCUT2D eigenvalue weighted by Crippen LogP contribution is 2.17. The molecule has 1 aromatic heterocycles. The lowest BCUT2D eigenvalue weighted by Gasteiger charge is -2.34. The maximum atomic E-state index is 5.87. The van der Waals surface area contributed by atoms with E-state index in [2.05, 4.69) is 47.1 Å². The van der Waals surface area contributed by atoms with E-state index in [9.17, 15) is 0 Å². The van der Waals surface area contributed by atoms with Crippen LogP contribution in [0.3, 0.4) is 0 Å². The highest BCUT2D eigenvalue weighted by Gasteiger charge is 2.18. The molecule has 2 rings (SSSR count). The summed E-state index contributed by atoms with van der Waals surface area (Å²) in [5.41, 5.74) is 1.28. The van der Waals surface area contributed by atoms with E-state index in [1.165, 1.54) is 12.1 Å². The molecule has 0 bridgehead atoms. The van der Waals surface area contributed by atoms with Crippen LogP contribution in [0.25, 0.3) is 0 Å². The lowest BCUT2D eigenvalue weighted by atomic mass is 10.2. The molecule has 1 saturated heterocycles. The molecule has 0 unspecified atom stereocenters. The number of hydrogen-bond acceptors (Lipinski definition) is 5. The van der Waals surface area contributed by atoms with Gasteiger partial charge in [-0.15, -0.1) is 0 Å². The van der Waals surface area contributed by atoms with Crippen molar-refractivity contribution in [2.45, 2.75) is 20.0 Å². The van der Waals surface area contributed by atoms with Crippen LogP contribution in [0.15, 0.2) is 10.5 Å². The number of piperazine rings is 1. The number of nitrogens with one attached hydrogen (secondary N) is 1. The van der Waals surface area contributed by atoms with Gasteiger partial charge in [0.25, 0.3) is 0 Å². The molecule has 1 aromatic rings. The first-order valence-corrected chi connectivity index (χ1v) is 7.90. The van der Waals surface area contributed by atoms with Crippen molar-refractivity contribution in [2.24, 2.45) is 0 Å². The second kappa shape index (κ2) is 7.94. The predicted octanol–water partition coefficient (Wildman–Crippen LogP) is 0.987. The van der Waals surface area contributed by atoms with Gasteiger partial charge >= 0.3 is 0 Å². The van der Waals surface area contributed by atoms with Crippen molar-refractivity contribution in [3.05, 3.63) is 23.2 Å². The van der Waals surface area contributed by atoms with Crippen molar-refractivity contribution in [3.8, 4) is 0 Å². The lowest BCUT2D eigenvalue weighted by Crippen LogP contribution is -2.47. The maximum absolute atomic E-state index is 5.87. The van der Waals surface area contributed by atoms with Crippen LogP contribution in [0.5, 0.6) is 0 Å². The summed E-state index contributed by atoms with van der Waals surface area (Å²) in [5, 5.41) is 3.19. The first-order chi connectivity index (χ1) is 10.1. The van der Waals surface area contributed by atoms with Crippen LogP contribution in [0.4, 0.5) is 0 Å². The summed E-state index contributed by atoms with van der Waals surface area (Å²) in [6, 6.07) is 2.20. The largest absolute Gasteiger partial charge is 0.465 e. The van der Waals surface area contributed by atoms with Crippen LogP contribution in [-0.4, -0.2) is 75.1 Å². The molecule has 5 heteroatoms. The Labute approximate surface area is 128 Å². The first-order valence-electron chi connectivity index (χ1n) is 7.90. The van der Waals surface area contributed by atoms with Crippen molar-refractivity contribution in [1.82, 2.24) is 20.0 Å². The number of rotatable bonds is 7. The van der Waals surface area contributed by atoms with E-state index in [0.717, 1.165) is 57.3 Å². The minimum atomic E-state index is 0.883. The van der Waals surface area contributed by atoms with Gasteiger partial charge in [0.15, 0.2) is 0 Å². The van der Waals surface area contributed by atoms with Gasteiger partial charge < -0.3 is 14.6 Å². The number of furan rings is 1. The van der Waals surface area contributed by atoms with Gasteiger partial charge in [-0.3, -0.25) is 9.80 Å². The highest BCUT2D eigenvalue weighted by atomic mass is 16.3. The third-order valence-electron chi connectivity index (χ3n) is 4.15. The van der Waals surface area contributed by atoms with Crippen molar-refractivity contribution in [2.75, 3.05) is 60.4 Å². The van der Waals surface area contributed by atoms with Crippen LogP contribution in [0.1, 0.15) is 17.1 Å². The molecule has 0 aromatic carbocycles. The summed E-state index contributed by atoms with van der Waals surface area (Å²) < 4.78 is 5.87. The van der Waals surface area contributed by atoms with E-state index in [0.29, 0.717) is 0 Å². The molecule has 0 saturated carbocycles. The normalized spacial score (nSPS) is 17.8. The van der Waals surface area contributed by atoms with Crippen molar-refractivity contribution < 1.29 is 4.42 Å². The lowest BCUT2D eigenvalue weighted by molar-refractivity contribution is 0.114. The Morgan fingerprint density at radius 2 is 1.86 bits per heavy atom. The van der Waals surface area contributed by atoms with Crippen LogP contribution in [0, 0.1) is 6.92 Å². The van der Waals surface area contributed by atoms with Crippen molar-refractivity contribution in [3.63, 3.8) is 0 Å². The topological polar surface area (TPSA) is 34.9 Å². The summed E-state index contributed by atoms with van der Waals surface area (Å²) in [7, 11) is 6.25. The Morgan fingerprint density at radius 3 is 2.48 bits per heavy atom.